The van der Waals surface area contributed by atoms with E-state index < -0.39 is 0 Å². The fourth-order valence-corrected chi connectivity index (χ4v) is 3.15. The number of fused-ring (bicyclic) bond motifs is 1. The van der Waals surface area contributed by atoms with Gasteiger partial charge in [0.2, 0.25) is 4.96 Å². The summed E-state index contributed by atoms with van der Waals surface area (Å²) in [6, 6.07) is 0.279. The molecule has 2 atom stereocenters. The molecule has 2 aromatic heterocycles. The van der Waals surface area contributed by atoms with Crippen molar-refractivity contribution in [3.63, 3.8) is 0 Å². The molecule has 1 aliphatic heterocycles. The summed E-state index contributed by atoms with van der Waals surface area (Å²) in [5, 5.41) is 17.5. The SMILES string of the molecule is COC1CNC(c2nn3c(C(C)C)nnc3s2)C1. The van der Waals surface area contributed by atoms with Crippen LogP contribution in [0.3, 0.4) is 0 Å². The third kappa shape index (κ3) is 1.92. The Morgan fingerprint density at radius 3 is 2.94 bits per heavy atom. The van der Waals surface area contributed by atoms with Crippen molar-refractivity contribution in [3.05, 3.63) is 10.8 Å². The predicted molar refractivity (Wildman–Crippen MR) is 68.9 cm³/mol. The molecule has 98 valence electrons. The lowest BCUT2D eigenvalue weighted by Crippen LogP contribution is -2.16. The van der Waals surface area contributed by atoms with Crippen molar-refractivity contribution >= 4 is 16.3 Å². The summed E-state index contributed by atoms with van der Waals surface area (Å²) in [6.45, 7) is 5.09. The summed E-state index contributed by atoms with van der Waals surface area (Å²) < 4.78 is 7.23. The minimum atomic E-state index is 0.279. The van der Waals surface area contributed by atoms with Crippen molar-refractivity contribution in [1.29, 1.82) is 0 Å². The highest BCUT2D eigenvalue weighted by Gasteiger charge is 2.28. The van der Waals surface area contributed by atoms with Gasteiger partial charge < -0.3 is 10.1 Å². The van der Waals surface area contributed by atoms with E-state index in [-0.39, 0.29) is 12.1 Å². The molecular formula is C11H17N5OS. The van der Waals surface area contributed by atoms with Crippen LogP contribution >= 0.6 is 11.3 Å². The molecule has 2 unspecified atom stereocenters. The average molecular weight is 267 g/mol. The van der Waals surface area contributed by atoms with Gasteiger partial charge in [-0.1, -0.05) is 25.2 Å². The topological polar surface area (TPSA) is 64.3 Å². The number of hydrogen-bond donors (Lipinski definition) is 1. The first-order valence-corrected chi connectivity index (χ1v) is 6.99. The van der Waals surface area contributed by atoms with Crippen LogP contribution in [0, 0.1) is 0 Å². The summed E-state index contributed by atoms with van der Waals surface area (Å²) in [5.41, 5.74) is 0. The molecule has 7 heteroatoms. The monoisotopic (exact) mass is 267 g/mol. The van der Waals surface area contributed by atoms with Gasteiger partial charge in [-0.15, -0.1) is 10.2 Å². The van der Waals surface area contributed by atoms with E-state index in [4.69, 9.17) is 4.74 Å². The Morgan fingerprint density at radius 1 is 1.44 bits per heavy atom. The minimum absolute atomic E-state index is 0.279. The van der Waals surface area contributed by atoms with E-state index in [0.29, 0.717) is 5.92 Å². The Labute approximate surface area is 109 Å². The Kier molecular flexibility index (Phi) is 3.04. The van der Waals surface area contributed by atoms with E-state index in [9.17, 15) is 0 Å². The van der Waals surface area contributed by atoms with E-state index in [1.165, 1.54) is 0 Å². The summed E-state index contributed by atoms with van der Waals surface area (Å²) >= 11 is 1.61. The highest BCUT2D eigenvalue weighted by Crippen LogP contribution is 2.29. The zero-order valence-corrected chi connectivity index (χ0v) is 11.6. The second kappa shape index (κ2) is 4.56. The number of aromatic nitrogens is 4. The second-order valence-corrected chi connectivity index (χ2v) is 5.89. The number of nitrogens with one attached hydrogen (secondary N) is 1. The van der Waals surface area contributed by atoms with Crippen molar-refractivity contribution < 1.29 is 4.74 Å². The molecule has 1 aliphatic rings. The summed E-state index contributed by atoms with van der Waals surface area (Å²) in [6.07, 6.45) is 1.26. The maximum absolute atomic E-state index is 5.36. The fourth-order valence-electron chi connectivity index (χ4n) is 2.22. The fraction of sp³-hybridized carbons (Fsp3) is 0.727. The molecule has 3 rings (SSSR count). The van der Waals surface area contributed by atoms with Gasteiger partial charge in [-0.3, -0.25) is 0 Å². The van der Waals surface area contributed by atoms with Crippen LogP contribution < -0.4 is 5.32 Å². The van der Waals surface area contributed by atoms with Gasteiger partial charge in [-0.2, -0.15) is 9.61 Å². The normalized spacial score (nSPS) is 24.4. The van der Waals surface area contributed by atoms with Gasteiger partial charge >= 0.3 is 0 Å². The smallest absolute Gasteiger partial charge is 0.234 e. The van der Waals surface area contributed by atoms with Crippen molar-refractivity contribution in [1.82, 2.24) is 25.1 Å². The van der Waals surface area contributed by atoms with Crippen molar-refractivity contribution in [3.8, 4) is 0 Å². The van der Waals surface area contributed by atoms with E-state index in [2.05, 4.69) is 34.5 Å². The van der Waals surface area contributed by atoms with E-state index in [1.807, 2.05) is 4.52 Å². The lowest BCUT2D eigenvalue weighted by atomic mass is 10.2. The van der Waals surface area contributed by atoms with Crippen LogP contribution in [-0.4, -0.2) is 39.6 Å². The maximum atomic E-state index is 5.36. The van der Waals surface area contributed by atoms with Crippen LogP contribution in [0.25, 0.3) is 4.96 Å². The van der Waals surface area contributed by atoms with Crippen LogP contribution in [0.1, 0.15) is 43.1 Å². The van der Waals surface area contributed by atoms with Crippen molar-refractivity contribution in [2.75, 3.05) is 13.7 Å². The largest absolute Gasteiger partial charge is 0.380 e. The summed E-state index contributed by atoms with van der Waals surface area (Å²) in [5.74, 6) is 1.26. The molecule has 1 saturated heterocycles. The van der Waals surface area contributed by atoms with Gasteiger partial charge in [-0.05, 0) is 6.42 Å². The number of hydrogen-bond acceptors (Lipinski definition) is 6. The molecule has 0 spiro atoms. The average Bonchev–Trinajstić information content (AvgIpc) is 3.02. The molecule has 0 aliphatic carbocycles. The molecule has 0 amide bonds. The Morgan fingerprint density at radius 2 is 2.28 bits per heavy atom. The highest BCUT2D eigenvalue weighted by atomic mass is 32.1. The van der Waals surface area contributed by atoms with Crippen LogP contribution in [-0.2, 0) is 4.74 Å². The Hall–Kier alpha value is -1.05. The van der Waals surface area contributed by atoms with Gasteiger partial charge in [0, 0.05) is 19.6 Å². The second-order valence-electron chi connectivity index (χ2n) is 4.90. The zero-order chi connectivity index (χ0) is 12.7. The van der Waals surface area contributed by atoms with E-state index >= 15 is 0 Å². The van der Waals surface area contributed by atoms with Crippen LogP contribution in [0.2, 0.25) is 0 Å². The molecule has 0 bridgehead atoms. The maximum Gasteiger partial charge on any atom is 0.234 e. The Balaban J connectivity index is 1.90. The third-order valence-electron chi connectivity index (χ3n) is 3.27. The number of rotatable bonds is 3. The van der Waals surface area contributed by atoms with Crippen LogP contribution in [0.15, 0.2) is 0 Å². The zero-order valence-electron chi connectivity index (χ0n) is 10.8. The molecule has 2 aromatic rings. The molecule has 0 aromatic carbocycles. The van der Waals surface area contributed by atoms with Crippen LogP contribution in [0.4, 0.5) is 0 Å². The quantitative estimate of drug-likeness (QED) is 0.909. The first-order chi connectivity index (χ1) is 8.69. The van der Waals surface area contributed by atoms with E-state index in [1.54, 1.807) is 18.4 Å². The van der Waals surface area contributed by atoms with E-state index in [0.717, 1.165) is 28.8 Å². The molecular weight excluding hydrogens is 250 g/mol. The van der Waals surface area contributed by atoms with Crippen molar-refractivity contribution in [2.24, 2.45) is 0 Å². The number of nitrogens with zero attached hydrogens (tertiary/aromatic N) is 4. The van der Waals surface area contributed by atoms with Gasteiger partial charge in [0.05, 0.1) is 12.1 Å². The highest BCUT2D eigenvalue weighted by molar-refractivity contribution is 7.16. The molecule has 3 heterocycles. The predicted octanol–water partition coefficient (Wildman–Crippen LogP) is 1.36. The summed E-state index contributed by atoms with van der Waals surface area (Å²) in [4.78, 5) is 0.872. The molecule has 6 nitrogen and oxygen atoms in total. The van der Waals surface area contributed by atoms with Gasteiger partial charge in [0.15, 0.2) is 5.82 Å². The first-order valence-electron chi connectivity index (χ1n) is 6.17. The molecule has 0 saturated carbocycles. The lowest BCUT2D eigenvalue weighted by Gasteiger charge is -2.05. The number of methoxy groups -OCH3 is 1. The standard InChI is InChI=1S/C11H17N5OS/c1-6(2)9-13-14-11-16(9)15-10(18-11)8-4-7(17-3)5-12-8/h6-8,12H,4-5H2,1-3H3. The van der Waals surface area contributed by atoms with Gasteiger partial charge in [0.1, 0.15) is 5.01 Å². The first kappa shape index (κ1) is 12.0. The van der Waals surface area contributed by atoms with Gasteiger partial charge in [0.25, 0.3) is 0 Å². The molecule has 1 N–H and O–H groups in total. The minimum Gasteiger partial charge on any atom is -0.380 e. The Bertz CT molecular complexity index is 549. The summed E-state index contributed by atoms with van der Waals surface area (Å²) in [7, 11) is 1.75. The lowest BCUT2D eigenvalue weighted by molar-refractivity contribution is 0.117. The third-order valence-corrected chi connectivity index (χ3v) is 4.28. The molecule has 18 heavy (non-hydrogen) atoms. The molecule has 1 fully saturated rings. The van der Waals surface area contributed by atoms with Gasteiger partial charge in [-0.25, -0.2) is 0 Å². The van der Waals surface area contributed by atoms with Crippen molar-refractivity contribution in [2.45, 2.75) is 38.3 Å². The van der Waals surface area contributed by atoms with Crippen LogP contribution in [0.5, 0.6) is 0 Å². The number of ether oxygens (including phenoxy) is 1. The molecule has 0 radical (unpaired) electrons.